The highest BCUT2D eigenvalue weighted by Gasteiger charge is 2.31. The molecule has 9 heteroatoms. The molecule has 2 aromatic rings. The Morgan fingerprint density at radius 2 is 1.67 bits per heavy atom. The van der Waals surface area contributed by atoms with Gasteiger partial charge in [-0.25, -0.2) is 8.42 Å². The highest BCUT2D eigenvalue weighted by molar-refractivity contribution is 7.92. The first-order valence-corrected chi connectivity index (χ1v) is 12.8. The van der Waals surface area contributed by atoms with E-state index in [2.05, 4.69) is 5.32 Å². The van der Waals surface area contributed by atoms with E-state index in [-0.39, 0.29) is 12.5 Å². The van der Waals surface area contributed by atoms with Crippen LogP contribution in [0.3, 0.4) is 0 Å². The summed E-state index contributed by atoms with van der Waals surface area (Å²) in [6, 6.07) is 15.0. The lowest BCUT2D eigenvalue weighted by molar-refractivity contribution is -0.140. The van der Waals surface area contributed by atoms with E-state index in [0.717, 1.165) is 22.5 Å². The van der Waals surface area contributed by atoms with Crippen molar-refractivity contribution >= 4 is 27.5 Å². The van der Waals surface area contributed by atoms with E-state index in [0.29, 0.717) is 24.4 Å². The molecule has 0 aliphatic rings. The summed E-state index contributed by atoms with van der Waals surface area (Å²) in [4.78, 5) is 27.8. The van der Waals surface area contributed by atoms with Crippen LogP contribution in [0.5, 0.6) is 5.75 Å². The van der Waals surface area contributed by atoms with Gasteiger partial charge in [0, 0.05) is 13.1 Å². The van der Waals surface area contributed by atoms with Crippen LogP contribution < -0.4 is 14.4 Å². The lowest BCUT2D eigenvalue weighted by Gasteiger charge is -2.32. The molecule has 0 aliphatic heterocycles. The third kappa shape index (κ3) is 7.49. The molecule has 1 unspecified atom stereocenters. The number of rotatable bonds is 12. The third-order valence-electron chi connectivity index (χ3n) is 5.17. The van der Waals surface area contributed by atoms with Crippen LogP contribution in [0.2, 0.25) is 0 Å². The lowest BCUT2D eigenvalue weighted by Crippen LogP contribution is -2.52. The number of carbonyl (C=O) groups excluding carboxylic acids is 2. The molecule has 1 atom stereocenters. The van der Waals surface area contributed by atoms with E-state index in [4.69, 9.17) is 4.74 Å². The molecule has 0 aromatic heterocycles. The second kappa shape index (κ2) is 12.2. The van der Waals surface area contributed by atoms with Gasteiger partial charge in [-0.15, -0.1) is 0 Å². The number of methoxy groups -OCH3 is 1. The van der Waals surface area contributed by atoms with Crippen LogP contribution in [0.1, 0.15) is 32.3 Å². The number of hydrogen-bond acceptors (Lipinski definition) is 5. The highest BCUT2D eigenvalue weighted by Crippen LogP contribution is 2.22. The fourth-order valence-electron chi connectivity index (χ4n) is 3.43. The van der Waals surface area contributed by atoms with Crippen LogP contribution in [0.25, 0.3) is 0 Å². The molecular weight excluding hydrogens is 442 g/mol. The molecule has 180 valence electrons. The number of nitrogens with one attached hydrogen (secondary N) is 1. The fraction of sp³-hybridized carbons (Fsp3) is 0.417. The van der Waals surface area contributed by atoms with Gasteiger partial charge < -0.3 is 15.0 Å². The molecule has 1 N–H and O–H groups in total. The van der Waals surface area contributed by atoms with Crippen molar-refractivity contribution in [2.45, 2.75) is 39.3 Å². The van der Waals surface area contributed by atoms with Crippen molar-refractivity contribution in [1.29, 1.82) is 0 Å². The van der Waals surface area contributed by atoms with Crippen LogP contribution in [-0.2, 0) is 26.2 Å². The van der Waals surface area contributed by atoms with Crippen LogP contribution in [-0.4, -0.2) is 57.6 Å². The van der Waals surface area contributed by atoms with Gasteiger partial charge in [0.05, 0.1) is 19.1 Å². The highest BCUT2D eigenvalue weighted by atomic mass is 32.2. The van der Waals surface area contributed by atoms with Crippen molar-refractivity contribution < 1.29 is 22.7 Å². The second-order valence-electron chi connectivity index (χ2n) is 7.69. The predicted octanol–water partition coefficient (Wildman–Crippen LogP) is 2.79. The fourth-order valence-corrected chi connectivity index (χ4v) is 4.28. The molecule has 0 aliphatic carbocycles. The van der Waals surface area contributed by atoms with Gasteiger partial charge >= 0.3 is 0 Å². The summed E-state index contributed by atoms with van der Waals surface area (Å²) in [6.45, 7) is 4.06. The van der Waals surface area contributed by atoms with E-state index in [1.807, 2.05) is 44.2 Å². The zero-order valence-corrected chi connectivity index (χ0v) is 20.5. The average molecular weight is 476 g/mol. The van der Waals surface area contributed by atoms with Gasteiger partial charge in [0.15, 0.2) is 0 Å². The molecule has 8 nitrogen and oxygen atoms in total. The maximum absolute atomic E-state index is 13.5. The Hall–Kier alpha value is -3.07. The predicted molar refractivity (Wildman–Crippen MR) is 130 cm³/mol. The molecule has 0 fully saturated rings. The minimum atomic E-state index is -3.76. The zero-order chi connectivity index (χ0) is 24.4. The smallest absolute Gasteiger partial charge is 0.244 e. The molecule has 2 amide bonds. The van der Waals surface area contributed by atoms with Crippen molar-refractivity contribution in [2.24, 2.45) is 0 Å². The average Bonchev–Trinajstić information content (AvgIpc) is 2.81. The van der Waals surface area contributed by atoms with E-state index in [1.165, 1.54) is 12.0 Å². The van der Waals surface area contributed by atoms with Gasteiger partial charge in [-0.3, -0.25) is 13.9 Å². The van der Waals surface area contributed by atoms with Crippen molar-refractivity contribution in [2.75, 3.05) is 30.8 Å². The summed E-state index contributed by atoms with van der Waals surface area (Å²) < 4.78 is 31.3. The first kappa shape index (κ1) is 26.2. The Labute approximate surface area is 196 Å². The van der Waals surface area contributed by atoms with Crippen molar-refractivity contribution in [3.63, 3.8) is 0 Å². The third-order valence-corrected chi connectivity index (χ3v) is 6.31. The largest absolute Gasteiger partial charge is 0.497 e. The number of carbonyl (C=O) groups is 2. The van der Waals surface area contributed by atoms with E-state index in [9.17, 15) is 18.0 Å². The Morgan fingerprint density at radius 1 is 1.03 bits per heavy atom. The summed E-state index contributed by atoms with van der Waals surface area (Å²) in [5.74, 6) is -0.138. The monoisotopic (exact) mass is 475 g/mol. The number of anilines is 1. The van der Waals surface area contributed by atoms with Gasteiger partial charge in [0.1, 0.15) is 18.3 Å². The van der Waals surface area contributed by atoms with Crippen molar-refractivity contribution in [1.82, 2.24) is 10.2 Å². The maximum atomic E-state index is 13.5. The molecule has 33 heavy (non-hydrogen) atoms. The Balaban J connectivity index is 2.38. The Morgan fingerprint density at radius 3 is 2.18 bits per heavy atom. The van der Waals surface area contributed by atoms with Crippen LogP contribution in [0.15, 0.2) is 54.6 Å². The minimum absolute atomic E-state index is 0.192. The molecule has 0 saturated heterocycles. The number of amides is 2. The summed E-state index contributed by atoms with van der Waals surface area (Å²) >= 11 is 0. The first-order valence-electron chi connectivity index (χ1n) is 10.9. The van der Waals surface area contributed by atoms with Crippen molar-refractivity contribution in [3.05, 3.63) is 60.2 Å². The quantitative estimate of drug-likeness (QED) is 0.509. The topological polar surface area (TPSA) is 96.0 Å². The molecule has 2 rings (SSSR count). The molecular formula is C24H33N3O5S. The molecule has 0 radical (unpaired) electrons. The first-order chi connectivity index (χ1) is 15.7. The number of hydrogen-bond donors (Lipinski definition) is 1. The molecule has 2 aromatic carbocycles. The summed E-state index contributed by atoms with van der Waals surface area (Å²) in [5, 5.41) is 2.85. The van der Waals surface area contributed by atoms with E-state index in [1.54, 1.807) is 24.3 Å². The van der Waals surface area contributed by atoms with Gasteiger partial charge in [-0.2, -0.15) is 0 Å². The van der Waals surface area contributed by atoms with Gasteiger partial charge in [0.25, 0.3) is 0 Å². The number of sulfonamides is 1. The molecule has 0 spiro atoms. The Bertz CT molecular complexity index is 1010. The summed E-state index contributed by atoms with van der Waals surface area (Å²) in [7, 11) is -2.24. The van der Waals surface area contributed by atoms with Crippen LogP contribution in [0.4, 0.5) is 5.69 Å². The van der Waals surface area contributed by atoms with Gasteiger partial charge in [-0.05, 0) is 42.7 Å². The normalized spacial score (nSPS) is 12.0. The number of nitrogens with zero attached hydrogens (tertiary/aromatic N) is 2. The molecule has 0 heterocycles. The van der Waals surface area contributed by atoms with Crippen LogP contribution in [0, 0.1) is 0 Å². The van der Waals surface area contributed by atoms with Gasteiger partial charge in [-0.1, -0.05) is 44.2 Å². The van der Waals surface area contributed by atoms with Crippen molar-refractivity contribution in [3.8, 4) is 5.75 Å². The Kier molecular flexibility index (Phi) is 9.72. The standard InChI is InChI=1S/C24H33N3O5S/c1-5-16-25-24(29)22(6-2)26(17-19-10-8-7-9-11-19)23(28)18-27(33(4,30)31)20-12-14-21(32-3)15-13-20/h7-15,22H,5-6,16-18H2,1-4H3,(H,25,29). The van der Waals surface area contributed by atoms with E-state index >= 15 is 0 Å². The number of benzene rings is 2. The van der Waals surface area contributed by atoms with Gasteiger partial charge in [0.2, 0.25) is 21.8 Å². The van der Waals surface area contributed by atoms with E-state index < -0.39 is 28.5 Å². The summed E-state index contributed by atoms with van der Waals surface area (Å²) in [5.41, 5.74) is 1.19. The maximum Gasteiger partial charge on any atom is 0.244 e. The molecule has 0 bridgehead atoms. The zero-order valence-electron chi connectivity index (χ0n) is 19.7. The lowest BCUT2D eigenvalue weighted by atomic mass is 10.1. The van der Waals surface area contributed by atoms with Crippen LogP contribution >= 0.6 is 0 Å². The minimum Gasteiger partial charge on any atom is -0.497 e. The second-order valence-corrected chi connectivity index (χ2v) is 9.60. The SMILES string of the molecule is CCCNC(=O)C(CC)N(Cc1ccccc1)C(=O)CN(c1ccc(OC)cc1)S(C)(=O)=O. The number of ether oxygens (including phenoxy) is 1. The molecule has 0 saturated carbocycles. The summed E-state index contributed by atoms with van der Waals surface area (Å²) in [6.07, 6.45) is 2.22.